The molecule has 0 spiro atoms. The van der Waals surface area contributed by atoms with E-state index in [1.54, 1.807) is 31.2 Å². The van der Waals surface area contributed by atoms with E-state index in [4.69, 9.17) is 0 Å². The first-order chi connectivity index (χ1) is 9.08. The molecule has 0 bridgehead atoms. The van der Waals surface area contributed by atoms with Crippen molar-refractivity contribution >= 4 is 5.91 Å². The van der Waals surface area contributed by atoms with E-state index < -0.39 is 17.7 Å². The van der Waals surface area contributed by atoms with Crippen molar-refractivity contribution in [3.8, 4) is 0 Å². The highest BCUT2D eigenvalue weighted by Gasteiger charge is 2.12. The maximum atomic E-state index is 13.1. The van der Waals surface area contributed by atoms with E-state index >= 15 is 0 Å². The van der Waals surface area contributed by atoms with E-state index in [1.807, 2.05) is 6.07 Å². The zero-order valence-corrected chi connectivity index (χ0v) is 10.4. The van der Waals surface area contributed by atoms with Crippen LogP contribution in [0.4, 0.5) is 8.78 Å². The van der Waals surface area contributed by atoms with Crippen LogP contribution in [-0.4, -0.2) is 5.91 Å². The first-order valence-electron chi connectivity index (χ1n) is 5.89. The summed E-state index contributed by atoms with van der Waals surface area (Å²) in [5.41, 5.74) is 1.04. The van der Waals surface area contributed by atoms with Gasteiger partial charge in [0.25, 0.3) is 5.91 Å². The van der Waals surface area contributed by atoms with Crippen LogP contribution in [0.5, 0.6) is 0 Å². The Hall–Kier alpha value is -2.23. The van der Waals surface area contributed by atoms with Crippen molar-refractivity contribution in [2.24, 2.45) is 0 Å². The maximum absolute atomic E-state index is 13.1. The molecular weight excluding hydrogens is 248 g/mol. The molecule has 0 aliphatic heterocycles. The average Bonchev–Trinajstić information content (AvgIpc) is 2.42. The predicted octanol–water partition coefficient (Wildman–Crippen LogP) is 3.46. The van der Waals surface area contributed by atoms with Gasteiger partial charge >= 0.3 is 0 Å². The van der Waals surface area contributed by atoms with Crippen molar-refractivity contribution in [2.75, 3.05) is 0 Å². The van der Waals surface area contributed by atoms with Crippen LogP contribution in [-0.2, 0) is 0 Å². The highest BCUT2D eigenvalue weighted by molar-refractivity contribution is 5.94. The highest BCUT2D eigenvalue weighted by atomic mass is 19.2. The monoisotopic (exact) mass is 261 g/mol. The Morgan fingerprint density at radius 1 is 1.05 bits per heavy atom. The molecule has 1 N–H and O–H groups in total. The Morgan fingerprint density at radius 2 is 1.74 bits per heavy atom. The van der Waals surface area contributed by atoms with Crippen LogP contribution in [0.1, 0.15) is 28.9 Å². The van der Waals surface area contributed by atoms with Gasteiger partial charge < -0.3 is 5.32 Å². The van der Waals surface area contributed by atoms with Gasteiger partial charge in [0.2, 0.25) is 0 Å². The number of nitrogens with one attached hydrogen (secondary N) is 1. The van der Waals surface area contributed by atoms with E-state index in [-0.39, 0.29) is 5.91 Å². The van der Waals surface area contributed by atoms with Crippen LogP contribution >= 0.6 is 0 Å². The molecule has 0 aliphatic carbocycles. The minimum Gasteiger partial charge on any atom is -0.346 e. The van der Waals surface area contributed by atoms with E-state index in [9.17, 15) is 13.6 Å². The van der Waals surface area contributed by atoms with E-state index in [1.165, 1.54) is 6.07 Å². The quantitative estimate of drug-likeness (QED) is 0.900. The van der Waals surface area contributed by atoms with E-state index in [0.717, 1.165) is 12.1 Å². The second-order valence-electron chi connectivity index (χ2n) is 4.23. The van der Waals surface area contributed by atoms with Crippen molar-refractivity contribution in [3.05, 3.63) is 71.3 Å². The summed E-state index contributed by atoms with van der Waals surface area (Å²) in [7, 11) is 0. The van der Waals surface area contributed by atoms with Gasteiger partial charge in [0.15, 0.2) is 11.6 Å². The van der Waals surface area contributed by atoms with Crippen LogP contribution in [0.2, 0.25) is 0 Å². The number of amides is 1. The maximum Gasteiger partial charge on any atom is 0.251 e. The second kappa shape index (κ2) is 5.61. The third-order valence-corrected chi connectivity index (χ3v) is 2.83. The molecule has 98 valence electrons. The van der Waals surface area contributed by atoms with Gasteiger partial charge in [-0.1, -0.05) is 24.3 Å². The first-order valence-corrected chi connectivity index (χ1v) is 5.89. The largest absolute Gasteiger partial charge is 0.346 e. The van der Waals surface area contributed by atoms with Crippen LogP contribution < -0.4 is 5.32 Å². The summed E-state index contributed by atoms with van der Waals surface area (Å²) in [4.78, 5) is 11.9. The second-order valence-corrected chi connectivity index (χ2v) is 4.23. The van der Waals surface area contributed by atoms with Gasteiger partial charge in [0, 0.05) is 5.56 Å². The molecule has 1 amide bonds. The molecule has 1 atom stereocenters. The molecule has 4 heteroatoms. The molecule has 2 aromatic rings. The Bertz CT molecular complexity index is 584. The number of carbonyl (C=O) groups excluding carboxylic acids is 1. The number of halogens is 2. The van der Waals surface area contributed by atoms with Crippen LogP contribution in [0.15, 0.2) is 48.5 Å². The topological polar surface area (TPSA) is 29.1 Å². The molecule has 0 saturated carbocycles. The minimum atomic E-state index is -0.918. The Labute approximate surface area is 110 Å². The van der Waals surface area contributed by atoms with Gasteiger partial charge in [0.05, 0.1) is 6.04 Å². The van der Waals surface area contributed by atoms with E-state index in [0.29, 0.717) is 11.1 Å². The predicted molar refractivity (Wildman–Crippen MR) is 68.7 cm³/mol. The summed E-state index contributed by atoms with van der Waals surface area (Å²) in [5, 5.41) is 2.73. The summed E-state index contributed by atoms with van der Waals surface area (Å²) in [6, 6.07) is 11.9. The molecular formula is C15H13F2NO. The van der Waals surface area contributed by atoms with E-state index in [2.05, 4.69) is 5.32 Å². The third kappa shape index (κ3) is 3.16. The van der Waals surface area contributed by atoms with Crippen molar-refractivity contribution in [2.45, 2.75) is 13.0 Å². The lowest BCUT2D eigenvalue weighted by Crippen LogP contribution is -2.26. The Morgan fingerprint density at radius 3 is 2.37 bits per heavy atom. The lowest BCUT2D eigenvalue weighted by Gasteiger charge is -2.14. The molecule has 0 unspecified atom stereocenters. The molecule has 0 heterocycles. The van der Waals surface area contributed by atoms with Crippen LogP contribution in [0.3, 0.4) is 0 Å². The standard InChI is InChI=1S/C15H13F2NO/c1-10(12-7-8-13(16)14(17)9-12)18-15(19)11-5-3-2-4-6-11/h2-10H,1H3,(H,18,19)/t10-/m1/s1. The smallest absolute Gasteiger partial charge is 0.251 e. The zero-order valence-electron chi connectivity index (χ0n) is 10.4. The van der Waals surface area contributed by atoms with Crippen molar-refractivity contribution < 1.29 is 13.6 Å². The van der Waals surface area contributed by atoms with Gasteiger partial charge in [-0.05, 0) is 36.8 Å². The summed E-state index contributed by atoms with van der Waals surface area (Å²) >= 11 is 0. The zero-order chi connectivity index (χ0) is 13.8. The number of hydrogen-bond donors (Lipinski definition) is 1. The molecule has 0 radical (unpaired) electrons. The number of benzene rings is 2. The molecule has 2 nitrogen and oxygen atoms in total. The fourth-order valence-electron chi connectivity index (χ4n) is 1.73. The highest BCUT2D eigenvalue weighted by Crippen LogP contribution is 2.16. The summed E-state index contributed by atoms with van der Waals surface area (Å²) in [6.07, 6.45) is 0. The molecule has 2 rings (SSSR count). The number of hydrogen-bond acceptors (Lipinski definition) is 1. The fraction of sp³-hybridized carbons (Fsp3) is 0.133. The molecule has 0 aliphatic rings. The normalized spacial score (nSPS) is 11.9. The number of rotatable bonds is 3. The molecule has 0 saturated heterocycles. The Kier molecular flexibility index (Phi) is 3.90. The molecule has 19 heavy (non-hydrogen) atoms. The van der Waals surface area contributed by atoms with Crippen molar-refractivity contribution in [1.82, 2.24) is 5.32 Å². The van der Waals surface area contributed by atoms with Gasteiger partial charge in [-0.25, -0.2) is 8.78 Å². The SMILES string of the molecule is C[C@@H](NC(=O)c1ccccc1)c1ccc(F)c(F)c1. The summed E-state index contributed by atoms with van der Waals surface area (Å²) < 4.78 is 25.9. The fourth-order valence-corrected chi connectivity index (χ4v) is 1.73. The molecule has 2 aromatic carbocycles. The van der Waals surface area contributed by atoms with Gasteiger partial charge in [-0.2, -0.15) is 0 Å². The van der Waals surface area contributed by atoms with Crippen molar-refractivity contribution in [1.29, 1.82) is 0 Å². The van der Waals surface area contributed by atoms with Crippen LogP contribution in [0.25, 0.3) is 0 Å². The third-order valence-electron chi connectivity index (χ3n) is 2.83. The summed E-state index contributed by atoms with van der Waals surface area (Å²) in [5.74, 6) is -2.07. The summed E-state index contributed by atoms with van der Waals surface area (Å²) in [6.45, 7) is 1.72. The average molecular weight is 261 g/mol. The first kappa shape index (κ1) is 13.2. The van der Waals surface area contributed by atoms with Gasteiger partial charge in [-0.15, -0.1) is 0 Å². The Balaban J connectivity index is 2.10. The lowest BCUT2D eigenvalue weighted by atomic mass is 10.1. The molecule has 0 fully saturated rings. The van der Waals surface area contributed by atoms with Gasteiger partial charge in [0.1, 0.15) is 0 Å². The lowest BCUT2D eigenvalue weighted by molar-refractivity contribution is 0.0940. The minimum absolute atomic E-state index is 0.252. The van der Waals surface area contributed by atoms with Crippen molar-refractivity contribution in [3.63, 3.8) is 0 Å². The molecule has 0 aromatic heterocycles. The van der Waals surface area contributed by atoms with Gasteiger partial charge in [-0.3, -0.25) is 4.79 Å². The van der Waals surface area contributed by atoms with Crippen LogP contribution in [0, 0.1) is 11.6 Å². The number of carbonyl (C=O) groups is 1.